The second-order valence-electron chi connectivity index (χ2n) is 6.03. The second kappa shape index (κ2) is 7.65. The first kappa shape index (κ1) is 17.0. The van der Waals surface area contributed by atoms with Gasteiger partial charge in [0.25, 0.3) is 0 Å². The minimum Gasteiger partial charge on any atom is -0.337 e. The lowest BCUT2D eigenvalue weighted by Gasteiger charge is -2.31. The highest BCUT2D eigenvalue weighted by molar-refractivity contribution is 6.19. The molecule has 0 fully saturated rings. The van der Waals surface area contributed by atoms with E-state index in [0.29, 0.717) is 19.0 Å². The molecule has 0 atom stereocenters. The smallest absolute Gasteiger partial charge is 0.229 e. The summed E-state index contributed by atoms with van der Waals surface area (Å²) in [6, 6.07) is 10.1. The molecule has 0 aliphatic carbocycles. The lowest BCUT2D eigenvalue weighted by atomic mass is 9.94. The first-order valence-electron chi connectivity index (χ1n) is 6.91. The summed E-state index contributed by atoms with van der Waals surface area (Å²) in [6.07, 6.45) is 0. The summed E-state index contributed by atoms with van der Waals surface area (Å²) in [4.78, 5) is 16.6. The van der Waals surface area contributed by atoms with Gasteiger partial charge in [-0.1, -0.05) is 30.3 Å². The van der Waals surface area contributed by atoms with Crippen molar-refractivity contribution in [3.05, 3.63) is 35.9 Å². The van der Waals surface area contributed by atoms with E-state index in [1.165, 1.54) is 0 Å². The molecule has 0 aromatic heterocycles. The molecular formula is C16H25ClN2O. The highest BCUT2D eigenvalue weighted by Crippen LogP contribution is 2.22. The summed E-state index contributed by atoms with van der Waals surface area (Å²) < 4.78 is 0. The Balaban J connectivity index is 2.82. The molecule has 0 heterocycles. The Kier molecular flexibility index (Phi) is 6.50. The fourth-order valence-corrected chi connectivity index (χ4v) is 1.98. The Morgan fingerprint density at radius 2 is 1.75 bits per heavy atom. The number of carbonyl (C=O) groups is 1. The highest BCUT2D eigenvalue weighted by Gasteiger charge is 2.31. The summed E-state index contributed by atoms with van der Waals surface area (Å²) in [6.45, 7) is 5.98. The molecule has 1 aromatic rings. The molecule has 0 unspecified atom stereocenters. The van der Waals surface area contributed by atoms with Crippen LogP contribution in [0.15, 0.2) is 30.3 Å². The van der Waals surface area contributed by atoms with Crippen molar-refractivity contribution in [2.45, 2.75) is 20.4 Å². The average molecular weight is 297 g/mol. The van der Waals surface area contributed by atoms with Gasteiger partial charge in [0, 0.05) is 25.5 Å². The first-order valence-corrected chi connectivity index (χ1v) is 7.44. The van der Waals surface area contributed by atoms with Gasteiger partial charge in [-0.25, -0.2) is 0 Å². The molecule has 0 radical (unpaired) electrons. The molecule has 112 valence electrons. The van der Waals surface area contributed by atoms with Gasteiger partial charge in [-0.3, -0.25) is 4.79 Å². The molecule has 1 amide bonds. The Hall–Kier alpha value is -1.06. The predicted octanol–water partition coefficient (Wildman–Crippen LogP) is 2.84. The quantitative estimate of drug-likeness (QED) is 0.722. The number of amides is 1. The molecule has 0 bridgehead atoms. The van der Waals surface area contributed by atoms with Crippen LogP contribution in [0.1, 0.15) is 19.4 Å². The Labute approximate surface area is 127 Å². The third-order valence-corrected chi connectivity index (χ3v) is 3.90. The van der Waals surface area contributed by atoms with Crippen molar-refractivity contribution in [3.63, 3.8) is 0 Å². The van der Waals surface area contributed by atoms with Gasteiger partial charge in [0.15, 0.2) is 0 Å². The van der Waals surface area contributed by atoms with Crippen LogP contribution in [0.4, 0.5) is 0 Å². The van der Waals surface area contributed by atoms with Gasteiger partial charge >= 0.3 is 0 Å². The Morgan fingerprint density at radius 3 is 2.25 bits per heavy atom. The van der Waals surface area contributed by atoms with E-state index in [1.54, 1.807) is 0 Å². The number of hydrogen-bond acceptors (Lipinski definition) is 2. The Bertz CT molecular complexity index is 418. The van der Waals surface area contributed by atoms with E-state index < -0.39 is 5.41 Å². The SMILES string of the molecule is CN(C)CCN(Cc1ccccc1)C(=O)C(C)(C)CCl. The van der Waals surface area contributed by atoms with E-state index in [2.05, 4.69) is 4.90 Å². The number of likely N-dealkylation sites (N-methyl/N-ethyl adjacent to an activating group) is 1. The van der Waals surface area contributed by atoms with Gasteiger partial charge in [-0.2, -0.15) is 0 Å². The van der Waals surface area contributed by atoms with Gasteiger partial charge in [0.2, 0.25) is 5.91 Å². The number of alkyl halides is 1. The third-order valence-electron chi connectivity index (χ3n) is 3.23. The van der Waals surface area contributed by atoms with Crippen LogP contribution < -0.4 is 0 Å². The molecule has 1 aromatic carbocycles. The molecule has 20 heavy (non-hydrogen) atoms. The van der Waals surface area contributed by atoms with Gasteiger partial charge in [0.05, 0.1) is 5.41 Å². The zero-order valence-corrected chi connectivity index (χ0v) is 13.7. The number of carbonyl (C=O) groups excluding carboxylic acids is 1. The molecule has 0 saturated carbocycles. The summed E-state index contributed by atoms with van der Waals surface area (Å²) in [7, 11) is 4.02. The van der Waals surface area contributed by atoms with Crippen LogP contribution in [0, 0.1) is 5.41 Å². The average Bonchev–Trinajstić information content (AvgIpc) is 2.43. The minimum atomic E-state index is -0.525. The molecule has 3 nitrogen and oxygen atoms in total. The maximum Gasteiger partial charge on any atom is 0.229 e. The van der Waals surface area contributed by atoms with Crippen LogP contribution in [0.5, 0.6) is 0 Å². The predicted molar refractivity (Wildman–Crippen MR) is 84.9 cm³/mol. The third kappa shape index (κ3) is 5.14. The van der Waals surface area contributed by atoms with E-state index in [9.17, 15) is 4.79 Å². The first-order chi connectivity index (χ1) is 9.36. The molecule has 0 saturated heterocycles. The van der Waals surface area contributed by atoms with E-state index in [4.69, 9.17) is 11.6 Å². The van der Waals surface area contributed by atoms with Crippen molar-refractivity contribution in [2.75, 3.05) is 33.1 Å². The van der Waals surface area contributed by atoms with Crippen molar-refractivity contribution in [1.29, 1.82) is 0 Å². The van der Waals surface area contributed by atoms with Gasteiger partial charge in [0.1, 0.15) is 0 Å². The van der Waals surface area contributed by atoms with Gasteiger partial charge in [-0.05, 0) is 33.5 Å². The van der Waals surface area contributed by atoms with E-state index in [-0.39, 0.29) is 5.91 Å². The van der Waals surface area contributed by atoms with Crippen LogP contribution in [0.2, 0.25) is 0 Å². The summed E-state index contributed by atoms with van der Waals surface area (Å²) in [5.41, 5.74) is 0.618. The van der Waals surface area contributed by atoms with E-state index in [1.807, 2.05) is 63.2 Å². The number of halogens is 1. The summed E-state index contributed by atoms with van der Waals surface area (Å²) in [5.74, 6) is 0.442. The largest absolute Gasteiger partial charge is 0.337 e. The standard InChI is InChI=1S/C16H25ClN2O/c1-16(2,13-17)15(20)19(11-10-18(3)4)12-14-8-6-5-7-9-14/h5-9H,10-13H2,1-4H3. The van der Waals surface area contributed by atoms with Crippen LogP contribution >= 0.6 is 11.6 Å². The molecule has 0 N–H and O–H groups in total. The monoisotopic (exact) mass is 296 g/mol. The number of rotatable bonds is 7. The van der Waals surface area contributed by atoms with Crippen LogP contribution in [-0.4, -0.2) is 48.8 Å². The normalized spacial score (nSPS) is 11.7. The molecule has 0 aliphatic heterocycles. The fraction of sp³-hybridized carbons (Fsp3) is 0.562. The molecular weight excluding hydrogens is 272 g/mol. The van der Waals surface area contributed by atoms with Gasteiger partial charge < -0.3 is 9.80 Å². The molecule has 0 aliphatic rings. The summed E-state index contributed by atoms with van der Waals surface area (Å²) in [5, 5.41) is 0. The van der Waals surface area contributed by atoms with Crippen molar-refractivity contribution in [1.82, 2.24) is 9.80 Å². The lowest BCUT2D eigenvalue weighted by Crippen LogP contribution is -2.44. The highest BCUT2D eigenvalue weighted by atomic mass is 35.5. The molecule has 1 rings (SSSR count). The van der Waals surface area contributed by atoms with E-state index >= 15 is 0 Å². The maximum atomic E-state index is 12.6. The number of nitrogens with zero attached hydrogens (tertiary/aromatic N) is 2. The lowest BCUT2D eigenvalue weighted by molar-refractivity contribution is -0.140. The van der Waals surface area contributed by atoms with Crippen LogP contribution in [-0.2, 0) is 11.3 Å². The molecule has 0 spiro atoms. The maximum absolute atomic E-state index is 12.6. The summed E-state index contributed by atoms with van der Waals surface area (Å²) >= 11 is 5.94. The van der Waals surface area contributed by atoms with Crippen molar-refractivity contribution in [3.8, 4) is 0 Å². The van der Waals surface area contributed by atoms with Crippen molar-refractivity contribution in [2.24, 2.45) is 5.41 Å². The topological polar surface area (TPSA) is 23.6 Å². The molecule has 4 heteroatoms. The van der Waals surface area contributed by atoms with Crippen molar-refractivity contribution >= 4 is 17.5 Å². The second-order valence-corrected chi connectivity index (χ2v) is 6.30. The number of benzene rings is 1. The zero-order valence-electron chi connectivity index (χ0n) is 12.9. The van der Waals surface area contributed by atoms with E-state index in [0.717, 1.165) is 12.1 Å². The van der Waals surface area contributed by atoms with Crippen LogP contribution in [0.25, 0.3) is 0 Å². The minimum absolute atomic E-state index is 0.109. The Morgan fingerprint density at radius 1 is 1.15 bits per heavy atom. The van der Waals surface area contributed by atoms with Gasteiger partial charge in [-0.15, -0.1) is 11.6 Å². The fourth-order valence-electron chi connectivity index (χ4n) is 1.86. The zero-order chi connectivity index (χ0) is 15.2. The van der Waals surface area contributed by atoms with Crippen LogP contribution in [0.3, 0.4) is 0 Å². The van der Waals surface area contributed by atoms with Crippen molar-refractivity contribution < 1.29 is 4.79 Å². The number of hydrogen-bond donors (Lipinski definition) is 0.